The highest BCUT2D eigenvalue weighted by Gasteiger charge is 2.24. The molecule has 1 saturated heterocycles. The highest BCUT2D eigenvalue weighted by molar-refractivity contribution is 5.82. The maximum atomic E-state index is 11.8. The fourth-order valence-corrected chi connectivity index (χ4v) is 2.13. The average Bonchev–Trinajstić information content (AvgIpc) is 2.41. The molecule has 1 atom stereocenters. The van der Waals surface area contributed by atoms with Crippen molar-refractivity contribution in [2.45, 2.75) is 6.42 Å². The summed E-state index contributed by atoms with van der Waals surface area (Å²) >= 11 is 0. The van der Waals surface area contributed by atoms with Crippen molar-refractivity contribution in [3.05, 3.63) is 24.3 Å². The number of ether oxygens (including phenoxy) is 2. The van der Waals surface area contributed by atoms with Gasteiger partial charge >= 0.3 is 0 Å². The molecule has 4 nitrogen and oxygen atoms in total. The summed E-state index contributed by atoms with van der Waals surface area (Å²) in [6, 6.07) is 7.83. The van der Waals surface area contributed by atoms with Gasteiger partial charge in [-0.15, -0.1) is 0 Å². The summed E-state index contributed by atoms with van der Waals surface area (Å²) in [7, 11) is 3.63. The zero-order valence-electron chi connectivity index (χ0n) is 10.9. The lowest BCUT2D eigenvalue weighted by Gasteiger charge is -2.27. The van der Waals surface area contributed by atoms with Crippen LogP contribution in [0.4, 0.5) is 5.69 Å². The van der Waals surface area contributed by atoms with Crippen molar-refractivity contribution >= 4 is 11.5 Å². The lowest BCUT2D eigenvalue weighted by Crippen LogP contribution is -2.36. The maximum absolute atomic E-state index is 11.8. The number of ketones is 1. The SMILES string of the molecule is COc1cccc(N(C)CC2COCCC2=O)c1. The summed E-state index contributed by atoms with van der Waals surface area (Å²) in [5, 5.41) is 0. The fourth-order valence-electron chi connectivity index (χ4n) is 2.13. The molecule has 1 unspecified atom stereocenters. The number of carbonyl (C=O) groups is 1. The van der Waals surface area contributed by atoms with Crippen molar-refractivity contribution in [3.8, 4) is 5.75 Å². The molecule has 1 aliphatic rings. The van der Waals surface area contributed by atoms with Crippen LogP contribution in [0.25, 0.3) is 0 Å². The van der Waals surface area contributed by atoms with Crippen LogP contribution in [0.2, 0.25) is 0 Å². The highest BCUT2D eigenvalue weighted by Crippen LogP contribution is 2.21. The van der Waals surface area contributed by atoms with E-state index in [1.807, 2.05) is 31.3 Å². The Hall–Kier alpha value is -1.55. The molecule has 0 amide bonds. The molecular weight excluding hydrogens is 230 g/mol. The summed E-state index contributed by atoms with van der Waals surface area (Å²) in [5.41, 5.74) is 1.05. The number of hydrogen-bond donors (Lipinski definition) is 0. The maximum Gasteiger partial charge on any atom is 0.142 e. The first-order valence-electron chi connectivity index (χ1n) is 6.16. The Balaban J connectivity index is 2.01. The molecule has 1 aromatic carbocycles. The van der Waals surface area contributed by atoms with Gasteiger partial charge in [-0.3, -0.25) is 4.79 Å². The van der Waals surface area contributed by atoms with Gasteiger partial charge in [0.2, 0.25) is 0 Å². The number of benzene rings is 1. The summed E-state index contributed by atoms with van der Waals surface area (Å²) in [6.45, 7) is 1.79. The van der Waals surface area contributed by atoms with Gasteiger partial charge in [-0.2, -0.15) is 0 Å². The number of carbonyl (C=O) groups excluding carboxylic acids is 1. The average molecular weight is 249 g/mol. The topological polar surface area (TPSA) is 38.8 Å². The van der Waals surface area contributed by atoms with E-state index in [1.54, 1.807) is 7.11 Å². The van der Waals surface area contributed by atoms with Gasteiger partial charge in [-0.05, 0) is 12.1 Å². The molecule has 0 saturated carbocycles. The van der Waals surface area contributed by atoms with Crippen molar-refractivity contribution in [1.82, 2.24) is 0 Å². The van der Waals surface area contributed by atoms with Crippen molar-refractivity contribution in [2.75, 3.05) is 38.8 Å². The second-order valence-corrected chi connectivity index (χ2v) is 4.57. The van der Waals surface area contributed by atoms with Gasteiger partial charge in [0.05, 0.1) is 26.2 Å². The van der Waals surface area contributed by atoms with Gasteiger partial charge < -0.3 is 14.4 Å². The molecule has 1 heterocycles. The monoisotopic (exact) mass is 249 g/mol. The zero-order chi connectivity index (χ0) is 13.0. The van der Waals surface area contributed by atoms with Crippen molar-refractivity contribution in [2.24, 2.45) is 5.92 Å². The third-order valence-corrected chi connectivity index (χ3v) is 3.26. The Morgan fingerprint density at radius 2 is 2.33 bits per heavy atom. The molecule has 0 aliphatic carbocycles. The third kappa shape index (κ3) is 3.01. The Labute approximate surface area is 107 Å². The summed E-state index contributed by atoms with van der Waals surface area (Å²) in [5.74, 6) is 1.11. The van der Waals surface area contributed by atoms with E-state index in [0.29, 0.717) is 32.0 Å². The first-order valence-corrected chi connectivity index (χ1v) is 6.16. The molecule has 2 rings (SSSR count). The molecule has 0 N–H and O–H groups in total. The minimum absolute atomic E-state index is 0.0186. The van der Waals surface area contributed by atoms with Crippen LogP contribution in [-0.2, 0) is 9.53 Å². The zero-order valence-corrected chi connectivity index (χ0v) is 10.9. The van der Waals surface area contributed by atoms with Crippen LogP contribution in [0.1, 0.15) is 6.42 Å². The van der Waals surface area contributed by atoms with E-state index in [4.69, 9.17) is 9.47 Å². The number of rotatable bonds is 4. The molecule has 0 radical (unpaired) electrons. The van der Waals surface area contributed by atoms with E-state index in [-0.39, 0.29) is 5.92 Å². The van der Waals surface area contributed by atoms with Crippen LogP contribution >= 0.6 is 0 Å². The fraction of sp³-hybridized carbons (Fsp3) is 0.500. The molecule has 0 bridgehead atoms. The molecule has 4 heteroatoms. The number of hydrogen-bond acceptors (Lipinski definition) is 4. The van der Waals surface area contributed by atoms with Crippen LogP contribution in [0.5, 0.6) is 5.75 Å². The molecular formula is C14H19NO3. The summed E-state index contributed by atoms with van der Waals surface area (Å²) in [6.07, 6.45) is 0.538. The van der Waals surface area contributed by atoms with Crippen molar-refractivity contribution in [1.29, 1.82) is 0 Å². The molecule has 0 spiro atoms. The van der Waals surface area contributed by atoms with Gasteiger partial charge in [-0.25, -0.2) is 0 Å². The molecule has 98 valence electrons. The number of anilines is 1. The van der Waals surface area contributed by atoms with Gasteiger partial charge in [-0.1, -0.05) is 6.07 Å². The summed E-state index contributed by atoms with van der Waals surface area (Å²) in [4.78, 5) is 13.8. The van der Waals surface area contributed by atoms with Gasteiger partial charge in [0.25, 0.3) is 0 Å². The Morgan fingerprint density at radius 1 is 1.50 bits per heavy atom. The third-order valence-electron chi connectivity index (χ3n) is 3.26. The largest absolute Gasteiger partial charge is 0.497 e. The number of nitrogens with zero attached hydrogens (tertiary/aromatic N) is 1. The molecule has 1 aromatic rings. The summed E-state index contributed by atoms with van der Waals surface area (Å²) < 4.78 is 10.6. The molecule has 1 aliphatic heterocycles. The van der Waals surface area contributed by atoms with E-state index < -0.39 is 0 Å². The Morgan fingerprint density at radius 3 is 3.06 bits per heavy atom. The second kappa shape index (κ2) is 5.87. The number of methoxy groups -OCH3 is 1. The van der Waals surface area contributed by atoms with Crippen molar-refractivity contribution < 1.29 is 14.3 Å². The van der Waals surface area contributed by atoms with Crippen LogP contribution in [0, 0.1) is 5.92 Å². The Kier molecular flexibility index (Phi) is 4.20. The standard InChI is InChI=1S/C14H19NO3/c1-15(9-11-10-18-7-6-14(11)16)12-4-3-5-13(8-12)17-2/h3-5,8,11H,6-7,9-10H2,1-2H3. The molecule has 1 fully saturated rings. The van der Waals surface area contributed by atoms with Gasteiger partial charge in [0.15, 0.2) is 0 Å². The van der Waals surface area contributed by atoms with Crippen molar-refractivity contribution in [3.63, 3.8) is 0 Å². The van der Waals surface area contributed by atoms with Gasteiger partial charge in [0.1, 0.15) is 11.5 Å². The minimum atomic E-state index is -0.0186. The first-order chi connectivity index (χ1) is 8.70. The highest BCUT2D eigenvalue weighted by atomic mass is 16.5. The smallest absolute Gasteiger partial charge is 0.142 e. The lowest BCUT2D eigenvalue weighted by molar-refractivity contribution is -0.129. The second-order valence-electron chi connectivity index (χ2n) is 4.57. The predicted octanol–water partition coefficient (Wildman–Crippen LogP) is 1.74. The lowest BCUT2D eigenvalue weighted by atomic mass is 10.00. The molecule has 18 heavy (non-hydrogen) atoms. The van der Waals surface area contributed by atoms with Gasteiger partial charge in [0, 0.05) is 31.8 Å². The Bertz CT molecular complexity index is 419. The van der Waals surface area contributed by atoms with E-state index in [0.717, 1.165) is 11.4 Å². The van der Waals surface area contributed by atoms with Crippen LogP contribution in [0.15, 0.2) is 24.3 Å². The minimum Gasteiger partial charge on any atom is -0.497 e. The van der Waals surface area contributed by atoms with Crippen LogP contribution in [-0.4, -0.2) is 39.7 Å². The van der Waals surface area contributed by atoms with Crippen LogP contribution in [0.3, 0.4) is 0 Å². The van der Waals surface area contributed by atoms with E-state index in [2.05, 4.69) is 4.90 Å². The first kappa shape index (κ1) is 12.9. The number of Topliss-reactive ketones (excluding diaryl/α,β-unsaturated/α-hetero) is 1. The van der Waals surface area contributed by atoms with E-state index in [1.165, 1.54) is 0 Å². The van der Waals surface area contributed by atoms with Crippen LogP contribution < -0.4 is 9.64 Å². The quantitative estimate of drug-likeness (QED) is 0.814. The normalized spacial score (nSPS) is 19.7. The van der Waals surface area contributed by atoms with E-state index in [9.17, 15) is 4.79 Å². The predicted molar refractivity (Wildman–Crippen MR) is 70.2 cm³/mol. The van der Waals surface area contributed by atoms with E-state index >= 15 is 0 Å². The molecule has 0 aromatic heterocycles.